The predicted molar refractivity (Wildman–Crippen MR) is 50.0 cm³/mol. The van der Waals surface area contributed by atoms with Crippen molar-refractivity contribution in [3.8, 4) is 0 Å². The van der Waals surface area contributed by atoms with Gasteiger partial charge >= 0.3 is 0 Å². The molecule has 1 nitrogen and oxygen atoms in total. The molecule has 0 aromatic rings. The molecule has 0 amide bonds. The van der Waals surface area contributed by atoms with Crippen molar-refractivity contribution in [2.24, 2.45) is 11.8 Å². The van der Waals surface area contributed by atoms with Crippen LogP contribution < -0.4 is 0 Å². The smallest absolute Gasteiger partial charge is 0.0675 e. The van der Waals surface area contributed by atoms with Crippen LogP contribution >= 0.6 is 0 Å². The van der Waals surface area contributed by atoms with Crippen LogP contribution in [0.3, 0.4) is 0 Å². The molecule has 2 rings (SSSR count). The fraction of sp³-hybridized carbons (Fsp3) is 0.818. The highest BCUT2D eigenvalue weighted by molar-refractivity contribution is 4.93. The number of fused-ring (bicyclic) bond motifs is 2. The van der Waals surface area contributed by atoms with Crippen LogP contribution in [0.1, 0.15) is 32.6 Å². The van der Waals surface area contributed by atoms with E-state index in [0.717, 1.165) is 24.0 Å². The number of hydrogen-bond donors (Lipinski definition) is 0. The van der Waals surface area contributed by atoms with Crippen LogP contribution in [0.2, 0.25) is 0 Å². The summed E-state index contributed by atoms with van der Waals surface area (Å²) < 4.78 is 5.80. The van der Waals surface area contributed by atoms with Gasteiger partial charge in [-0.05, 0) is 44.4 Å². The van der Waals surface area contributed by atoms with Crippen molar-refractivity contribution >= 4 is 0 Å². The third kappa shape index (κ3) is 1.56. The Balaban J connectivity index is 1.79. The quantitative estimate of drug-likeness (QED) is 0.586. The van der Waals surface area contributed by atoms with E-state index in [-0.39, 0.29) is 0 Å². The lowest BCUT2D eigenvalue weighted by Crippen LogP contribution is -2.21. The lowest BCUT2D eigenvalue weighted by Gasteiger charge is -2.21. The molecule has 0 saturated heterocycles. The lowest BCUT2D eigenvalue weighted by atomic mass is 9.98. The molecule has 2 bridgehead atoms. The van der Waals surface area contributed by atoms with Gasteiger partial charge in [0.15, 0.2) is 0 Å². The minimum atomic E-state index is 0.570. The second kappa shape index (κ2) is 3.21. The molecule has 12 heavy (non-hydrogen) atoms. The van der Waals surface area contributed by atoms with Crippen molar-refractivity contribution in [2.45, 2.75) is 38.7 Å². The minimum absolute atomic E-state index is 0.570. The van der Waals surface area contributed by atoms with Crippen LogP contribution in [0, 0.1) is 11.8 Å². The zero-order chi connectivity index (χ0) is 8.55. The highest BCUT2D eigenvalue weighted by Gasteiger charge is 2.39. The first-order valence-corrected chi connectivity index (χ1v) is 5.01. The van der Waals surface area contributed by atoms with E-state index in [2.05, 4.69) is 6.58 Å². The Kier molecular flexibility index (Phi) is 2.22. The molecule has 3 unspecified atom stereocenters. The molecular formula is C11H18O. The largest absolute Gasteiger partial charge is 0.374 e. The maximum Gasteiger partial charge on any atom is 0.0675 e. The van der Waals surface area contributed by atoms with Gasteiger partial charge in [-0.1, -0.05) is 12.2 Å². The van der Waals surface area contributed by atoms with E-state index in [1.807, 2.05) is 6.92 Å². The van der Waals surface area contributed by atoms with Crippen molar-refractivity contribution < 1.29 is 4.74 Å². The first kappa shape index (κ1) is 8.31. The first-order valence-electron chi connectivity index (χ1n) is 5.01. The van der Waals surface area contributed by atoms with Crippen LogP contribution in [0.15, 0.2) is 12.2 Å². The standard InChI is InChI=1S/C11H18O/c1-8(2)7-12-11-6-9-3-4-10(11)5-9/h9-11H,1,3-7H2,2H3. The monoisotopic (exact) mass is 166 g/mol. The van der Waals surface area contributed by atoms with Crippen LogP contribution in [0.5, 0.6) is 0 Å². The fourth-order valence-electron chi connectivity index (χ4n) is 2.64. The molecule has 2 aliphatic rings. The molecule has 0 aliphatic heterocycles. The Morgan fingerprint density at radius 1 is 1.42 bits per heavy atom. The molecule has 0 aromatic heterocycles. The second-order valence-electron chi connectivity index (χ2n) is 4.48. The third-order valence-electron chi connectivity index (χ3n) is 3.22. The van der Waals surface area contributed by atoms with Crippen molar-refractivity contribution in [3.63, 3.8) is 0 Å². The summed E-state index contributed by atoms with van der Waals surface area (Å²) in [4.78, 5) is 0. The molecule has 68 valence electrons. The highest BCUT2D eigenvalue weighted by atomic mass is 16.5. The molecule has 2 aliphatic carbocycles. The first-order chi connectivity index (χ1) is 5.75. The van der Waals surface area contributed by atoms with Crippen LogP contribution in [-0.2, 0) is 4.74 Å². The Morgan fingerprint density at radius 2 is 2.25 bits per heavy atom. The van der Waals surface area contributed by atoms with Gasteiger partial charge in [0.1, 0.15) is 0 Å². The minimum Gasteiger partial charge on any atom is -0.374 e. The van der Waals surface area contributed by atoms with E-state index in [1.54, 1.807) is 0 Å². The molecule has 0 radical (unpaired) electrons. The normalized spacial score (nSPS) is 38.9. The highest BCUT2D eigenvalue weighted by Crippen LogP contribution is 2.45. The molecule has 1 heteroatoms. The lowest BCUT2D eigenvalue weighted by molar-refractivity contribution is 0.0303. The Labute approximate surface area is 74.8 Å². The zero-order valence-corrected chi connectivity index (χ0v) is 7.88. The number of hydrogen-bond acceptors (Lipinski definition) is 1. The maximum atomic E-state index is 5.80. The van der Waals surface area contributed by atoms with Crippen molar-refractivity contribution in [3.05, 3.63) is 12.2 Å². The van der Waals surface area contributed by atoms with Gasteiger partial charge in [0.2, 0.25) is 0 Å². The van der Waals surface area contributed by atoms with Gasteiger partial charge < -0.3 is 4.74 Å². The Bertz CT molecular complexity index is 185. The summed E-state index contributed by atoms with van der Waals surface area (Å²) in [6.07, 6.45) is 6.18. The van der Waals surface area contributed by atoms with Crippen LogP contribution in [-0.4, -0.2) is 12.7 Å². The molecule has 0 N–H and O–H groups in total. The van der Waals surface area contributed by atoms with Crippen LogP contribution in [0.25, 0.3) is 0 Å². The number of ether oxygens (including phenoxy) is 1. The number of rotatable bonds is 3. The predicted octanol–water partition coefficient (Wildman–Crippen LogP) is 2.77. The summed E-state index contributed by atoms with van der Waals surface area (Å²) in [5, 5.41) is 0. The van der Waals surface area contributed by atoms with Gasteiger partial charge in [-0.15, -0.1) is 0 Å². The topological polar surface area (TPSA) is 9.23 Å². The zero-order valence-electron chi connectivity index (χ0n) is 7.88. The van der Waals surface area contributed by atoms with E-state index >= 15 is 0 Å². The Hall–Kier alpha value is -0.300. The summed E-state index contributed by atoms with van der Waals surface area (Å²) in [6.45, 7) is 6.66. The van der Waals surface area contributed by atoms with E-state index in [0.29, 0.717) is 6.10 Å². The summed E-state index contributed by atoms with van der Waals surface area (Å²) >= 11 is 0. The second-order valence-corrected chi connectivity index (χ2v) is 4.48. The summed E-state index contributed by atoms with van der Waals surface area (Å²) in [6, 6.07) is 0. The average molecular weight is 166 g/mol. The summed E-state index contributed by atoms with van der Waals surface area (Å²) in [5.74, 6) is 1.87. The van der Waals surface area contributed by atoms with Crippen LogP contribution in [0.4, 0.5) is 0 Å². The molecule has 2 saturated carbocycles. The SMILES string of the molecule is C=C(C)COC1CC2CCC1C2. The molecular weight excluding hydrogens is 148 g/mol. The van der Waals surface area contributed by atoms with Gasteiger partial charge in [-0.25, -0.2) is 0 Å². The average Bonchev–Trinajstić information content (AvgIpc) is 2.60. The molecule has 0 aromatic carbocycles. The summed E-state index contributed by atoms with van der Waals surface area (Å²) in [7, 11) is 0. The maximum absolute atomic E-state index is 5.80. The van der Waals surface area contributed by atoms with Gasteiger partial charge in [0.05, 0.1) is 12.7 Å². The Morgan fingerprint density at radius 3 is 2.75 bits per heavy atom. The van der Waals surface area contributed by atoms with Crippen molar-refractivity contribution in [1.29, 1.82) is 0 Å². The van der Waals surface area contributed by atoms with Gasteiger partial charge in [0, 0.05) is 0 Å². The van der Waals surface area contributed by atoms with Crippen molar-refractivity contribution in [2.75, 3.05) is 6.61 Å². The van der Waals surface area contributed by atoms with Gasteiger partial charge in [-0.2, -0.15) is 0 Å². The van der Waals surface area contributed by atoms with Crippen molar-refractivity contribution in [1.82, 2.24) is 0 Å². The van der Waals surface area contributed by atoms with E-state index in [9.17, 15) is 0 Å². The molecule has 0 heterocycles. The molecule has 3 atom stereocenters. The third-order valence-corrected chi connectivity index (χ3v) is 3.22. The molecule has 2 fully saturated rings. The summed E-state index contributed by atoms with van der Waals surface area (Å²) in [5.41, 5.74) is 1.15. The fourth-order valence-corrected chi connectivity index (χ4v) is 2.64. The van der Waals surface area contributed by atoms with E-state index in [4.69, 9.17) is 4.74 Å². The van der Waals surface area contributed by atoms with Gasteiger partial charge in [0.25, 0.3) is 0 Å². The molecule has 0 spiro atoms. The van der Waals surface area contributed by atoms with Gasteiger partial charge in [-0.3, -0.25) is 0 Å². The van der Waals surface area contributed by atoms with E-state index in [1.165, 1.54) is 25.7 Å². The van der Waals surface area contributed by atoms with E-state index < -0.39 is 0 Å².